The molecule has 1 aromatic heterocycles. The van der Waals surface area contributed by atoms with Crippen molar-refractivity contribution in [3.63, 3.8) is 0 Å². The molecule has 0 saturated carbocycles. The Bertz CT molecular complexity index is 796. The van der Waals surface area contributed by atoms with Crippen LogP contribution in [0.15, 0.2) is 24.3 Å². The van der Waals surface area contributed by atoms with Crippen molar-refractivity contribution in [1.82, 2.24) is 20.0 Å². The minimum absolute atomic E-state index is 0.0193. The zero-order valence-corrected chi connectivity index (χ0v) is 17.1. The molecule has 1 saturated heterocycles. The van der Waals surface area contributed by atoms with Gasteiger partial charge in [0.15, 0.2) is 0 Å². The van der Waals surface area contributed by atoms with Gasteiger partial charge in [-0.05, 0) is 51.0 Å². The van der Waals surface area contributed by atoms with Gasteiger partial charge in [-0.1, -0.05) is 17.7 Å². The molecule has 2 amide bonds. The minimum atomic E-state index is 0.0193. The first-order chi connectivity index (χ1) is 12.9. The summed E-state index contributed by atoms with van der Waals surface area (Å²) in [6, 6.07) is 8.05. The topological polar surface area (TPSA) is 53.4 Å². The maximum absolute atomic E-state index is 12.4. The Hall–Kier alpha value is -2.21. The van der Waals surface area contributed by atoms with Gasteiger partial charge >= 0.3 is 6.03 Å². The Morgan fingerprint density at radius 1 is 1.15 bits per heavy atom. The Morgan fingerprint density at radius 2 is 1.89 bits per heavy atom. The number of urea groups is 1. The molecule has 2 heterocycles. The molecule has 1 aliphatic heterocycles. The molecule has 2 aromatic rings. The third-order valence-electron chi connectivity index (χ3n) is 5.01. The second-order valence-corrected chi connectivity index (χ2v) is 7.58. The molecule has 0 bridgehead atoms. The first kappa shape index (κ1) is 19.5. The lowest BCUT2D eigenvalue weighted by Crippen LogP contribution is -2.52. The zero-order valence-electron chi connectivity index (χ0n) is 16.3. The SMILES string of the molecule is Cc1cc(C)n(CCCNC(=O)N2CCN(c3cc(Cl)ccc3C)CC2)n1. The number of carbonyl (C=O) groups is 1. The normalized spacial score (nSPS) is 14.5. The number of piperazine rings is 1. The number of carbonyl (C=O) groups excluding carboxylic acids is 1. The predicted molar refractivity (Wildman–Crippen MR) is 110 cm³/mol. The number of nitrogens with zero attached hydrogens (tertiary/aromatic N) is 4. The highest BCUT2D eigenvalue weighted by atomic mass is 35.5. The number of nitrogens with one attached hydrogen (secondary N) is 1. The first-order valence-electron chi connectivity index (χ1n) is 9.49. The molecule has 6 nitrogen and oxygen atoms in total. The number of hydrogen-bond acceptors (Lipinski definition) is 3. The van der Waals surface area contributed by atoms with Crippen LogP contribution in [0.5, 0.6) is 0 Å². The van der Waals surface area contributed by atoms with Gasteiger partial charge in [0.1, 0.15) is 0 Å². The van der Waals surface area contributed by atoms with Gasteiger partial charge in [0.05, 0.1) is 5.69 Å². The smallest absolute Gasteiger partial charge is 0.317 e. The van der Waals surface area contributed by atoms with Gasteiger partial charge < -0.3 is 15.1 Å². The Morgan fingerprint density at radius 3 is 2.56 bits per heavy atom. The average molecular weight is 390 g/mol. The van der Waals surface area contributed by atoms with Gasteiger partial charge in [0.25, 0.3) is 0 Å². The summed E-state index contributed by atoms with van der Waals surface area (Å²) in [4.78, 5) is 16.6. The van der Waals surface area contributed by atoms with Crippen LogP contribution in [0.25, 0.3) is 0 Å². The van der Waals surface area contributed by atoms with Gasteiger partial charge in [0.2, 0.25) is 0 Å². The average Bonchev–Trinajstić information content (AvgIpc) is 2.98. The number of amides is 2. The van der Waals surface area contributed by atoms with Gasteiger partial charge in [0, 0.05) is 55.7 Å². The minimum Gasteiger partial charge on any atom is -0.368 e. The maximum atomic E-state index is 12.4. The van der Waals surface area contributed by atoms with E-state index in [9.17, 15) is 4.79 Å². The molecule has 0 spiro atoms. The van der Waals surface area contributed by atoms with Gasteiger partial charge in [-0.25, -0.2) is 4.79 Å². The summed E-state index contributed by atoms with van der Waals surface area (Å²) in [6.07, 6.45) is 0.870. The number of aromatic nitrogens is 2. The number of anilines is 1. The van der Waals surface area contributed by atoms with Crippen LogP contribution in [0, 0.1) is 20.8 Å². The van der Waals surface area contributed by atoms with Crippen LogP contribution in [0.2, 0.25) is 5.02 Å². The number of rotatable bonds is 5. The van der Waals surface area contributed by atoms with Crippen molar-refractivity contribution in [2.45, 2.75) is 33.7 Å². The van der Waals surface area contributed by atoms with Crippen molar-refractivity contribution in [3.8, 4) is 0 Å². The molecule has 27 heavy (non-hydrogen) atoms. The molecule has 7 heteroatoms. The van der Waals surface area contributed by atoms with E-state index in [1.165, 1.54) is 5.56 Å². The van der Waals surface area contributed by atoms with Crippen molar-refractivity contribution in [2.75, 3.05) is 37.6 Å². The number of halogens is 1. The third-order valence-corrected chi connectivity index (χ3v) is 5.24. The molecular weight excluding hydrogens is 362 g/mol. The summed E-state index contributed by atoms with van der Waals surface area (Å²) >= 11 is 6.13. The first-order valence-corrected chi connectivity index (χ1v) is 9.87. The van der Waals surface area contributed by atoms with E-state index in [-0.39, 0.29) is 6.03 Å². The van der Waals surface area contributed by atoms with E-state index in [4.69, 9.17) is 11.6 Å². The van der Waals surface area contributed by atoms with Gasteiger partial charge in [-0.2, -0.15) is 5.10 Å². The van der Waals surface area contributed by atoms with Crippen LogP contribution >= 0.6 is 11.6 Å². The van der Waals surface area contributed by atoms with E-state index >= 15 is 0 Å². The molecule has 1 aliphatic rings. The molecule has 1 aromatic carbocycles. The maximum Gasteiger partial charge on any atom is 0.317 e. The predicted octanol–water partition coefficient (Wildman–Crippen LogP) is 3.38. The van der Waals surface area contributed by atoms with Crippen molar-refractivity contribution in [3.05, 3.63) is 46.2 Å². The van der Waals surface area contributed by atoms with Crippen LogP contribution in [0.1, 0.15) is 23.4 Å². The van der Waals surface area contributed by atoms with Gasteiger partial charge in [-0.3, -0.25) is 4.68 Å². The quantitative estimate of drug-likeness (QED) is 0.797. The highest BCUT2D eigenvalue weighted by Gasteiger charge is 2.22. The summed E-state index contributed by atoms with van der Waals surface area (Å²) in [5.41, 5.74) is 4.56. The molecule has 3 rings (SSSR count). The molecule has 0 unspecified atom stereocenters. The second-order valence-electron chi connectivity index (χ2n) is 7.14. The lowest BCUT2D eigenvalue weighted by Gasteiger charge is -2.36. The molecular formula is C20H28ClN5O. The molecule has 1 fully saturated rings. The van der Waals surface area contributed by atoms with E-state index in [0.717, 1.165) is 61.2 Å². The van der Waals surface area contributed by atoms with E-state index in [2.05, 4.69) is 35.2 Å². The van der Waals surface area contributed by atoms with Crippen molar-refractivity contribution >= 4 is 23.3 Å². The Labute approximate surface area is 166 Å². The molecule has 0 radical (unpaired) electrons. The van der Waals surface area contributed by atoms with E-state index in [0.29, 0.717) is 6.54 Å². The summed E-state index contributed by atoms with van der Waals surface area (Å²) < 4.78 is 1.99. The monoisotopic (exact) mass is 389 g/mol. The highest BCUT2D eigenvalue weighted by Crippen LogP contribution is 2.25. The summed E-state index contributed by atoms with van der Waals surface area (Å²) in [5, 5.41) is 8.22. The summed E-state index contributed by atoms with van der Waals surface area (Å²) in [5.74, 6) is 0. The van der Waals surface area contributed by atoms with Crippen molar-refractivity contribution in [1.29, 1.82) is 0 Å². The van der Waals surface area contributed by atoms with Crippen molar-refractivity contribution < 1.29 is 4.79 Å². The molecule has 146 valence electrons. The van der Waals surface area contributed by atoms with Crippen LogP contribution in [0.4, 0.5) is 10.5 Å². The fourth-order valence-electron chi connectivity index (χ4n) is 3.51. The van der Waals surface area contributed by atoms with Crippen LogP contribution in [-0.4, -0.2) is 53.4 Å². The fraction of sp³-hybridized carbons (Fsp3) is 0.500. The third kappa shape index (κ3) is 4.95. The Balaban J connectivity index is 1.42. The van der Waals surface area contributed by atoms with E-state index < -0.39 is 0 Å². The van der Waals surface area contributed by atoms with Crippen LogP contribution in [-0.2, 0) is 6.54 Å². The fourth-order valence-corrected chi connectivity index (χ4v) is 3.68. The molecule has 1 N–H and O–H groups in total. The second kappa shape index (κ2) is 8.65. The van der Waals surface area contributed by atoms with Crippen LogP contribution < -0.4 is 10.2 Å². The summed E-state index contributed by atoms with van der Waals surface area (Å²) in [7, 11) is 0. The van der Waals surface area contributed by atoms with E-state index in [1.54, 1.807) is 0 Å². The van der Waals surface area contributed by atoms with Crippen LogP contribution in [0.3, 0.4) is 0 Å². The lowest BCUT2D eigenvalue weighted by molar-refractivity contribution is 0.194. The van der Waals surface area contributed by atoms with E-state index in [1.807, 2.05) is 34.7 Å². The molecule has 0 atom stereocenters. The molecule has 0 aliphatic carbocycles. The number of hydrogen-bond donors (Lipinski definition) is 1. The van der Waals surface area contributed by atoms with Crippen molar-refractivity contribution in [2.24, 2.45) is 0 Å². The standard InChI is InChI=1S/C20H28ClN5O/c1-15-5-6-18(21)14-19(15)24-9-11-25(12-10-24)20(27)22-7-4-8-26-17(3)13-16(2)23-26/h5-6,13-14H,4,7-12H2,1-3H3,(H,22,27). The largest absolute Gasteiger partial charge is 0.368 e. The number of benzene rings is 1. The Kier molecular flexibility index (Phi) is 6.26. The van der Waals surface area contributed by atoms with Gasteiger partial charge in [-0.15, -0.1) is 0 Å². The zero-order chi connectivity index (χ0) is 19.4. The summed E-state index contributed by atoms with van der Waals surface area (Å²) in [6.45, 7) is 10.7. The highest BCUT2D eigenvalue weighted by molar-refractivity contribution is 6.30. The lowest BCUT2D eigenvalue weighted by atomic mass is 10.1. The number of aryl methyl sites for hydroxylation is 4.